The highest BCUT2D eigenvalue weighted by Gasteiger charge is 2.35. The van der Waals surface area contributed by atoms with Crippen LogP contribution in [0.4, 0.5) is 0 Å². The second kappa shape index (κ2) is 10.6. The molecular formula is C26H44O2. The average molecular weight is 389 g/mol. The first-order valence-corrected chi connectivity index (χ1v) is 11.7. The van der Waals surface area contributed by atoms with Gasteiger partial charge in [0.25, 0.3) is 0 Å². The molecule has 1 saturated carbocycles. The number of hydrogen-bond acceptors (Lipinski definition) is 2. The Morgan fingerprint density at radius 3 is 2.07 bits per heavy atom. The van der Waals surface area contributed by atoms with Gasteiger partial charge in [0.1, 0.15) is 0 Å². The Morgan fingerprint density at radius 2 is 1.43 bits per heavy atom. The Morgan fingerprint density at radius 1 is 0.821 bits per heavy atom. The maximum atomic E-state index is 10.4. The van der Waals surface area contributed by atoms with Crippen LogP contribution in [0.25, 0.3) is 0 Å². The first-order chi connectivity index (χ1) is 13.2. The van der Waals surface area contributed by atoms with Gasteiger partial charge >= 0.3 is 0 Å². The van der Waals surface area contributed by atoms with Gasteiger partial charge in [0.15, 0.2) is 11.5 Å². The van der Waals surface area contributed by atoms with Gasteiger partial charge in [-0.3, -0.25) is 0 Å². The van der Waals surface area contributed by atoms with Crippen molar-refractivity contribution in [3.8, 4) is 11.5 Å². The fourth-order valence-electron chi connectivity index (χ4n) is 4.17. The predicted molar refractivity (Wildman–Crippen MR) is 120 cm³/mol. The molecule has 0 bridgehead atoms. The highest BCUT2D eigenvalue weighted by atomic mass is 16.3. The van der Waals surface area contributed by atoms with E-state index in [-0.39, 0.29) is 11.5 Å². The lowest BCUT2D eigenvalue weighted by Crippen LogP contribution is -2.04. The Hall–Kier alpha value is -1.18. The van der Waals surface area contributed by atoms with Gasteiger partial charge in [-0.25, -0.2) is 0 Å². The molecule has 28 heavy (non-hydrogen) atoms. The zero-order valence-electron chi connectivity index (χ0n) is 18.9. The largest absolute Gasteiger partial charge is 0.504 e. The minimum atomic E-state index is 0.0316. The summed E-state index contributed by atoms with van der Waals surface area (Å²) in [6.07, 6.45) is 17.4. The van der Waals surface area contributed by atoms with Crippen LogP contribution in [0.5, 0.6) is 11.5 Å². The molecule has 1 fully saturated rings. The van der Waals surface area contributed by atoms with Crippen molar-refractivity contribution in [3.63, 3.8) is 0 Å². The lowest BCUT2D eigenvalue weighted by Gasteiger charge is -2.17. The Balaban J connectivity index is 1.71. The Labute approximate surface area is 173 Å². The second-order valence-electron chi connectivity index (χ2n) is 10.8. The third-order valence-electron chi connectivity index (χ3n) is 6.54. The molecule has 0 heterocycles. The Bertz CT molecular complexity index is 593. The van der Waals surface area contributed by atoms with E-state index in [0.29, 0.717) is 10.8 Å². The van der Waals surface area contributed by atoms with E-state index < -0.39 is 0 Å². The van der Waals surface area contributed by atoms with E-state index in [2.05, 4.69) is 27.7 Å². The molecule has 0 saturated heterocycles. The van der Waals surface area contributed by atoms with Crippen LogP contribution >= 0.6 is 0 Å². The summed E-state index contributed by atoms with van der Waals surface area (Å²) < 4.78 is 0. The topological polar surface area (TPSA) is 40.5 Å². The minimum Gasteiger partial charge on any atom is -0.504 e. The molecule has 0 atom stereocenters. The van der Waals surface area contributed by atoms with Gasteiger partial charge in [-0.15, -0.1) is 0 Å². The molecule has 0 radical (unpaired) electrons. The van der Waals surface area contributed by atoms with Crippen molar-refractivity contribution in [1.29, 1.82) is 0 Å². The first-order valence-electron chi connectivity index (χ1n) is 11.7. The van der Waals surface area contributed by atoms with E-state index in [1.807, 2.05) is 6.07 Å². The molecule has 2 heteroatoms. The molecule has 0 aromatic heterocycles. The molecule has 2 nitrogen and oxygen atoms in total. The standard InChI is InChI=1S/C26H44O2/c1-25(2,3)17-11-7-6-10-14-22-21(15-16-23(27)24(22)28)13-9-5-8-12-18-26(4)19-20-26/h15-16,27-28H,5-14,17-20H2,1-4H3. The molecule has 1 aromatic carbocycles. The van der Waals surface area contributed by atoms with E-state index in [4.69, 9.17) is 0 Å². The summed E-state index contributed by atoms with van der Waals surface area (Å²) in [5, 5.41) is 20.3. The molecule has 2 rings (SSSR count). The quantitative estimate of drug-likeness (QED) is 0.266. The van der Waals surface area contributed by atoms with E-state index in [9.17, 15) is 10.2 Å². The molecule has 1 aliphatic carbocycles. The number of phenolic OH excluding ortho intramolecular Hbond substituents is 2. The lowest BCUT2D eigenvalue weighted by molar-refractivity contribution is 0.357. The lowest BCUT2D eigenvalue weighted by atomic mass is 9.89. The van der Waals surface area contributed by atoms with Crippen molar-refractivity contribution >= 4 is 0 Å². The van der Waals surface area contributed by atoms with E-state index in [0.717, 1.165) is 24.8 Å². The molecule has 160 valence electrons. The van der Waals surface area contributed by atoms with E-state index in [1.54, 1.807) is 6.07 Å². The van der Waals surface area contributed by atoms with Crippen LogP contribution in [0, 0.1) is 10.8 Å². The first kappa shape index (κ1) is 23.1. The van der Waals surface area contributed by atoms with Crippen molar-refractivity contribution in [2.45, 2.75) is 118 Å². The van der Waals surface area contributed by atoms with Crippen LogP contribution in [0.15, 0.2) is 12.1 Å². The van der Waals surface area contributed by atoms with Gasteiger partial charge in [-0.1, -0.05) is 72.3 Å². The smallest absolute Gasteiger partial charge is 0.160 e. The van der Waals surface area contributed by atoms with Gasteiger partial charge in [-0.2, -0.15) is 0 Å². The summed E-state index contributed by atoms with van der Waals surface area (Å²) in [5.74, 6) is 0.151. The molecule has 0 spiro atoms. The van der Waals surface area contributed by atoms with Gasteiger partial charge in [0, 0.05) is 5.56 Å². The molecule has 0 amide bonds. The monoisotopic (exact) mass is 388 g/mol. The summed E-state index contributed by atoms with van der Waals surface area (Å²) >= 11 is 0. The molecule has 0 aliphatic heterocycles. The molecule has 1 aromatic rings. The van der Waals surface area contributed by atoms with Crippen LogP contribution in [-0.4, -0.2) is 10.2 Å². The van der Waals surface area contributed by atoms with Gasteiger partial charge in [0.05, 0.1) is 0 Å². The van der Waals surface area contributed by atoms with Crippen LogP contribution in [-0.2, 0) is 12.8 Å². The zero-order valence-corrected chi connectivity index (χ0v) is 18.9. The molecule has 2 N–H and O–H groups in total. The van der Waals surface area contributed by atoms with Crippen molar-refractivity contribution in [2.75, 3.05) is 0 Å². The molecular weight excluding hydrogens is 344 g/mol. The Kier molecular flexibility index (Phi) is 8.71. The van der Waals surface area contributed by atoms with Crippen molar-refractivity contribution in [2.24, 2.45) is 10.8 Å². The summed E-state index contributed by atoms with van der Waals surface area (Å²) in [4.78, 5) is 0. The maximum Gasteiger partial charge on any atom is 0.160 e. The number of aryl methyl sites for hydroxylation is 1. The SMILES string of the molecule is CC(C)(C)CCCCCCc1c(CCCCCCC2(C)CC2)ccc(O)c1O. The summed E-state index contributed by atoms with van der Waals surface area (Å²) in [6, 6.07) is 3.68. The number of unbranched alkanes of at least 4 members (excludes halogenated alkanes) is 6. The van der Waals surface area contributed by atoms with Crippen molar-refractivity contribution < 1.29 is 10.2 Å². The van der Waals surface area contributed by atoms with E-state index >= 15 is 0 Å². The maximum absolute atomic E-state index is 10.4. The predicted octanol–water partition coefficient (Wildman–Crippen LogP) is 7.93. The number of phenols is 2. The van der Waals surface area contributed by atoms with Gasteiger partial charge in [0.2, 0.25) is 0 Å². The fourth-order valence-corrected chi connectivity index (χ4v) is 4.17. The summed E-state index contributed by atoms with van der Waals surface area (Å²) in [6.45, 7) is 9.32. The van der Waals surface area contributed by atoms with Crippen molar-refractivity contribution in [1.82, 2.24) is 0 Å². The van der Waals surface area contributed by atoms with E-state index in [1.165, 1.54) is 76.2 Å². The number of rotatable bonds is 13. The van der Waals surface area contributed by atoms with Gasteiger partial charge in [-0.05, 0) is 73.8 Å². The summed E-state index contributed by atoms with van der Waals surface area (Å²) in [5.41, 5.74) is 3.33. The highest BCUT2D eigenvalue weighted by Crippen LogP contribution is 2.49. The van der Waals surface area contributed by atoms with Crippen molar-refractivity contribution in [3.05, 3.63) is 23.3 Å². The van der Waals surface area contributed by atoms with Crippen LogP contribution < -0.4 is 0 Å². The third-order valence-corrected chi connectivity index (χ3v) is 6.54. The summed E-state index contributed by atoms with van der Waals surface area (Å²) in [7, 11) is 0. The molecule has 0 unspecified atom stereocenters. The minimum absolute atomic E-state index is 0.0316. The average Bonchev–Trinajstić information content (AvgIpc) is 3.35. The number of hydrogen-bond donors (Lipinski definition) is 2. The normalized spacial score (nSPS) is 15.7. The van der Waals surface area contributed by atoms with Crippen LogP contribution in [0.3, 0.4) is 0 Å². The van der Waals surface area contributed by atoms with Gasteiger partial charge < -0.3 is 10.2 Å². The molecule has 1 aliphatic rings. The zero-order chi connectivity index (χ0) is 20.6. The number of aromatic hydroxyl groups is 2. The number of benzene rings is 1. The van der Waals surface area contributed by atoms with Crippen LogP contribution in [0.2, 0.25) is 0 Å². The fraction of sp³-hybridized carbons (Fsp3) is 0.769. The third kappa shape index (κ3) is 8.45. The second-order valence-corrected chi connectivity index (χ2v) is 10.8. The van der Waals surface area contributed by atoms with Crippen LogP contribution in [0.1, 0.15) is 116 Å². The highest BCUT2D eigenvalue weighted by molar-refractivity contribution is 5.49.